The highest BCUT2D eigenvalue weighted by Crippen LogP contribution is 2.43. The lowest BCUT2D eigenvalue weighted by molar-refractivity contribution is -0.271. The second-order valence-electron chi connectivity index (χ2n) is 7.55. The van der Waals surface area contributed by atoms with Gasteiger partial charge in [0.25, 0.3) is 10.0 Å². The normalized spacial score (nSPS) is 18.2. The van der Waals surface area contributed by atoms with Crippen molar-refractivity contribution in [2.24, 2.45) is 0 Å². The highest BCUT2D eigenvalue weighted by Gasteiger charge is 2.55. The first-order valence-corrected chi connectivity index (χ1v) is 11.1. The van der Waals surface area contributed by atoms with Crippen LogP contribution in [0.5, 0.6) is 0 Å². The lowest BCUT2D eigenvalue weighted by atomic mass is 9.88. The zero-order valence-corrected chi connectivity index (χ0v) is 17.8. The average molecular weight is 487 g/mol. The number of halogens is 5. The Bertz CT molecular complexity index is 1200. The van der Waals surface area contributed by atoms with Crippen molar-refractivity contribution in [3.05, 3.63) is 59.4 Å². The van der Waals surface area contributed by atoms with Gasteiger partial charge in [-0.25, -0.2) is 17.2 Å². The van der Waals surface area contributed by atoms with Crippen LogP contribution in [-0.2, 0) is 26.8 Å². The second-order valence-corrected chi connectivity index (χ2v) is 9.37. The number of benzene rings is 2. The number of aryl methyl sites for hydroxylation is 1. The van der Waals surface area contributed by atoms with Crippen LogP contribution in [0, 0.1) is 18.2 Å². The molecule has 5 nitrogen and oxygen atoms in total. The van der Waals surface area contributed by atoms with E-state index in [4.69, 9.17) is 6.42 Å². The number of hydrogen-bond acceptors (Lipinski definition) is 4. The minimum atomic E-state index is -5.31. The number of ketones is 1. The van der Waals surface area contributed by atoms with E-state index in [2.05, 4.69) is 0 Å². The van der Waals surface area contributed by atoms with Crippen LogP contribution < -0.4 is 4.31 Å². The third kappa shape index (κ3) is 4.45. The number of hydrogen-bond donors (Lipinski definition) is 1. The predicted molar refractivity (Wildman–Crippen MR) is 109 cm³/mol. The van der Waals surface area contributed by atoms with Crippen LogP contribution in [0.4, 0.5) is 27.6 Å². The van der Waals surface area contributed by atoms with Crippen molar-refractivity contribution >= 4 is 21.5 Å². The van der Waals surface area contributed by atoms with E-state index in [0.717, 1.165) is 46.8 Å². The van der Waals surface area contributed by atoms with Gasteiger partial charge in [-0.05, 0) is 60.2 Å². The number of alkyl halides is 4. The molecule has 1 N–H and O–H groups in total. The van der Waals surface area contributed by atoms with Crippen molar-refractivity contribution in [1.82, 2.24) is 0 Å². The van der Waals surface area contributed by atoms with E-state index in [9.17, 15) is 40.3 Å². The summed E-state index contributed by atoms with van der Waals surface area (Å²) >= 11 is 0. The first kappa shape index (κ1) is 24.7. The Morgan fingerprint density at radius 1 is 1.18 bits per heavy atom. The molecule has 0 saturated heterocycles. The van der Waals surface area contributed by atoms with Gasteiger partial charge in [0.15, 0.2) is 0 Å². The van der Waals surface area contributed by atoms with E-state index >= 15 is 0 Å². The topological polar surface area (TPSA) is 74.7 Å². The molecule has 1 aliphatic rings. The molecule has 1 unspecified atom stereocenters. The van der Waals surface area contributed by atoms with Crippen LogP contribution in [0.1, 0.15) is 24.0 Å². The minimum Gasteiger partial charge on any atom is -0.374 e. The molecular weight excluding hydrogens is 469 g/mol. The molecule has 2 aromatic rings. The smallest absolute Gasteiger partial charge is 0.374 e. The molecule has 0 amide bonds. The fourth-order valence-corrected chi connectivity index (χ4v) is 5.43. The molecule has 11 heteroatoms. The first-order valence-electron chi connectivity index (χ1n) is 9.63. The van der Waals surface area contributed by atoms with Crippen LogP contribution >= 0.6 is 0 Å². The summed E-state index contributed by atoms with van der Waals surface area (Å²) in [4.78, 5) is 11.6. The maximum atomic E-state index is 13.4. The molecule has 3 rings (SSSR count). The van der Waals surface area contributed by atoms with Gasteiger partial charge in [0.05, 0.1) is 16.6 Å². The average Bonchev–Trinajstić information content (AvgIpc) is 2.77. The van der Waals surface area contributed by atoms with Gasteiger partial charge < -0.3 is 5.11 Å². The van der Waals surface area contributed by atoms with E-state index in [1.54, 1.807) is 0 Å². The fraction of sp³-hybridized carbons (Fsp3) is 0.318. The van der Waals surface area contributed by atoms with Gasteiger partial charge in [-0.2, -0.15) is 13.2 Å². The summed E-state index contributed by atoms with van der Waals surface area (Å²) in [6.07, 6.45) is -0.493. The zero-order valence-electron chi connectivity index (χ0n) is 16.9. The first-order chi connectivity index (χ1) is 15.3. The molecule has 1 aliphatic heterocycles. The molecular formula is C22H18F5NO4S. The summed E-state index contributed by atoms with van der Waals surface area (Å²) in [6, 6.07) is 5.62. The quantitative estimate of drug-likeness (QED) is 0.384. The summed E-state index contributed by atoms with van der Waals surface area (Å²) in [6.45, 7) is -2.13. The third-order valence-corrected chi connectivity index (χ3v) is 7.37. The number of anilines is 1. The number of fused-ring (bicyclic) bond motifs is 1. The second kappa shape index (κ2) is 8.76. The maximum Gasteiger partial charge on any atom is 0.424 e. The third-order valence-electron chi connectivity index (χ3n) is 5.49. The Morgan fingerprint density at radius 2 is 1.82 bits per heavy atom. The molecule has 33 heavy (non-hydrogen) atoms. The number of Topliss-reactive ketones (excluding diaryl/α,β-unsaturated/α-hetero) is 1. The Labute approximate surface area is 186 Å². The standard InChI is InChI=1S/C22H18F5NO4S/c1-2-18(29)12-17-7-3-14-11-15(21(30,13-23)22(25,26)27)4-10-20(14)28(17)33(31,32)19-8-5-16(24)6-9-19/h1,4-6,8-11,17,30H,3,7,12-13H2/t17-,21?/m0/s1. The molecule has 0 aromatic heterocycles. The molecule has 0 fully saturated rings. The van der Waals surface area contributed by atoms with Gasteiger partial charge in [0.2, 0.25) is 11.4 Å². The lowest BCUT2D eigenvalue weighted by Gasteiger charge is -2.38. The molecule has 0 spiro atoms. The monoisotopic (exact) mass is 487 g/mol. The molecule has 1 heterocycles. The number of sulfonamides is 1. The van der Waals surface area contributed by atoms with E-state index < -0.39 is 51.7 Å². The number of carbonyl (C=O) groups is 1. The van der Waals surface area contributed by atoms with Crippen molar-refractivity contribution in [3.8, 4) is 12.3 Å². The van der Waals surface area contributed by atoms with Crippen LogP contribution in [-0.4, -0.2) is 38.2 Å². The molecule has 176 valence electrons. The van der Waals surface area contributed by atoms with E-state index in [0.29, 0.717) is 0 Å². The van der Waals surface area contributed by atoms with Crippen molar-refractivity contribution < 1.29 is 40.3 Å². The Hall–Kier alpha value is -2.97. The summed E-state index contributed by atoms with van der Waals surface area (Å²) in [5, 5.41) is 9.93. The zero-order chi connectivity index (χ0) is 24.6. The summed E-state index contributed by atoms with van der Waals surface area (Å²) < 4.78 is 94.1. The van der Waals surface area contributed by atoms with E-state index in [-0.39, 0.29) is 35.4 Å². The Morgan fingerprint density at radius 3 is 2.36 bits per heavy atom. The molecule has 0 saturated carbocycles. The largest absolute Gasteiger partial charge is 0.424 e. The van der Waals surface area contributed by atoms with Crippen LogP contribution in [0.3, 0.4) is 0 Å². The molecule has 2 atom stereocenters. The van der Waals surface area contributed by atoms with Gasteiger partial charge >= 0.3 is 6.18 Å². The molecule has 2 aromatic carbocycles. The van der Waals surface area contributed by atoms with Gasteiger partial charge in [-0.15, -0.1) is 6.42 Å². The molecule has 0 radical (unpaired) electrons. The van der Waals surface area contributed by atoms with E-state index in [1.807, 2.05) is 5.92 Å². The summed E-state index contributed by atoms with van der Waals surface area (Å²) in [5.74, 6) is 0.536. The lowest BCUT2D eigenvalue weighted by Crippen LogP contribution is -2.46. The van der Waals surface area contributed by atoms with Crippen LogP contribution in [0.2, 0.25) is 0 Å². The number of carbonyl (C=O) groups excluding carboxylic acids is 1. The van der Waals surface area contributed by atoms with Crippen molar-refractivity contribution in [2.45, 2.75) is 42.0 Å². The van der Waals surface area contributed by atoms with Crippen molar-refractivity contribution in [3.63, 3.8) is 0 Å². The van der Waals surface area contributed by atoms with Gasteiger partial charge in [0, 0.05) is 6.42 Å². The number of nitrogens with zero attached hydrogens (tertiary/aromatic N) is 1. The van der Waals surface area contributed by atoms with Gasteiger partial charge in [0.1, 0.15) is 12.5 Å². The highest BCUT2D eigenvalue weighted by molar-refractivity contribution is 7.92. The SMILES string of the molecule is C#CC(=O)C[C@@H]1CCc2cc(C(O)(CF)C(F)(F)F)ccc2N1S(=O)(=O)c1ccc(F)cc1. The number of rotatable bonds is 6. The Kier molecular flexibility index (Phi) is 6.55. The van der Waals surface area contributed by atoms with Gasteiger partial charge in [-0.3, -0.25) is 9.10 Å². The summed E-state index contributed by atoms with van der Waals surface area (Å²) in [7, 11) is -4.39. The van der Waals surface area contributed by atoms with E-state index in [1.165, 1.54) is 0 Å². The summed E-state index contributed by atoms with van der Waals surface area (Å²) in [5.41, 5.74) is -4.50. The number of aliphatic hydroxyl groups is 1. The molecule has 0 bridgehead atoms. The highest BCUT2D eigenvalue weighted by atomic mass is 32.2. The number of terminal acetylenes is 1. The maximum absolute atomic E-state index is 13.4. The fourth-order valence-electron chi connectivity index (χ4n) is 3.71. The predicted octanol–water partition coefficient (Wildman–Crippen LogP) is 3.65. The Balaban J connectivity index is 2.16. The van der Waals surface area contributed by atoms with Crippen LogP contribution in [0.15, 0.2) is 47.4 Å². The molecule has 0 aliphatic carbocycles. The van der Waals surface area contributed by atoms with Gasteiger partial charge in [-0.1, -0.05) is 12.1 Å². The van der Waals surface area contributed by atoms with Crippen LogP contribution in [0.25, 0.3) is 0 Å². The van der Waals surface area contributed by atoms with Crippen molar-refractivity contribution in [1.29, 1.82) is 0 Å². The van der Waals surface area contributed by atoms with Crippen molar-refractivity contribution in [2.75, 3.05) is 11.0 Å². The minimum absolute atomic E-state index is 0.0182.